The SMILES string of the molecule is CC1CCCN(C(=O)Nc2nccnn2)C1C(=O)O. The van der Waals surface area contributed by atoms with Gasteiger partial charge in [-0.1, -0.05) is 6.92 Å². The number of hydrogen-bond acceptors (Lipinski definition) is 5. The first-order valence-corrected chi connectivity index (χ1v) is 6.03. The molecule has 0 spiro atoms. The molecule has 1 aromatic rings. The Balaban J connectivity index is 2.10. The van der Waals surface area contributed by atoms with Crippen LogP contribution in [0, 0.1) is 5.92 Å². The summed E-state index contributed by atoms with van der Waals surface area (Å²) in [5, 5.41) is 18.9. The maximum Gasteiger partial charge on any atom is 0.326 e. The van der Waals surface area contributed by atoms with Gasteiger partial charge in [0, 0.05) is 6.54 Å². The number of piperidine rings is 1. The highest BCUT2D eigenvalue weighted by Gasteiger charge is 2.37. The molecular weight excluding hydrogens is 250 g/mol. The molecule has 102 valence electrons. The highest BCUT2D eigenvalue weighted by molar-refractivity contribution is 5.91. The third kappa shape index (κ3) is 2.95. The van der Waals surface area contributed by atoms with E-state index >= 15 is 0 Å². The average molecular weight is 265 g/mol. The molecular formula is C11H15N5O3. The van der Waals surface area contributed by atoms with Crippen molar-refractivity contribution in [3.8, 4) is 0 Å². The van der Waals surface area contributed by atoms with E-state index in [2.05, 4.69) is 20.5 Å². The first-order valence-electron chi connectivity index (χ1n) is 6.03. The molecule has 0 bridgehead atoms. The first kappa shape index (κ1) is 13.2. The largest absolute Gasteiger partial charge is 0.480 e. The number of aliphatic carboxylic acids is 1. The molecule has 8 heteroatoms. The van der Waals surface area contributed by atoms with Crippen molar-refractivity contribution in [3.05, 3.63) is 12.4 Å². The Morgan fingerprint density at radius 2 is 2.26 bits per heavy atom. The summed E-state index contributed by atoms with van der Waals surface area (Å²) in [5.74, 6) is -1.00. The molecule has 19 heavy (non-hydrogen) atoms. The Morgan fingerprint density at radius 1 is 1.47 bits per heavy atom. The van der Waals surface area contributed by atoms with E-state index in [-0.39, 0.29) is 11.9 Å². The van der Waals surface area contributed by atoms with Crippen LogP contribution in [0.15, 0.2) is 12.4 Å². The van der Waals surface area contributed by atoms with E-state index in [0.29, 0.717) is 6.54 Å². The molecule has 2 amide bonds. The number of carbonyl (C=O) groups excluding carboxylic acids is 1. The van der Waals surface area contributed by atoms with E-state index in [1.807, 2.05) is 6.92 Å². The fourth-order valence-corrected chi connectivity index (χ4v) is 2.26. The number of carbonyl (C=O) groups is 2. The van der Waals surface area contributed by atoms with Crippen molar-refractivity contribution in [3.63, 3.8) is 0 Å². The minimum Gasteiger partial charge on any atom is -0.480 e. The summed E-state index contributed by atoms with van der Waals surface area (Å²) in [6, 6.07) is -1.32. The Morgan fingerprint density at radius 3 is 2.89 bits per heavy atom. The number of rotatable bonds is 2. The lowest BCUT2D eigenvalue weighted by Gasteiger charge is -2.36. The van der Waals surface area contributed by atoms with Crippen molar-refractivity contribution in [2.24, 2.45) is 5.92 Å². The lowest BCUT2D eigenvalue weighted by Crippen LogP contribution is -2.53. The van der Waals surface area contributed by atoms with Gasteiger partial charge in [0.2, 0.25) is 0 Å². The second-order valence-corrected chi connectivity index (χ2v) is 4.49. The van der Waals surface area contributed by atoms with Gasteiger partial charge in [-0.3, -0.25) is 5.32 Å². The molecule has 0 aromatic carbocycles. The van der Waals surface area contributed by atoms with E-state index in [1.54, 1.807) is 0 Å². The van der Waals surface area contributed by atoms with Gasteiger partial charge >= 0.3 is 12.0 Å². The standard InChI is InChI=1S/C11H15N5O3/c1-7-3-2-6-16(8(7)9(17)18)11(19)14-10-12-4-5-13-15-10/h4-5,7-8H,2-3,6H2,1H3,(H,17,18)(H,12,14,15,19). The number of hydrogen-bond donors (Lipinski definition) is 2. The van der Waals surface area contributed by atoms with Crippen molar-refractivity contribution in [2.75, 3.05) is 11.9 Å². The van der Waals surface area contributed by atoms with Crippen LogP contribution in [0.4, 0.5) is 10.7 Å². The third-order valence-corrected chi connectivity index (χ3v) is 3.15. The summed E-state index contributed by atoms with van der Waals surface area (Å²) in [7, 11) is 0. The lowest BCUT2D eigenvalue weighted by molar-refractivity contribution is -0.145. The van der Waals surface area contributed by atoms with Gasteiger partial charge in [0.05, 0.1) is 12.4 Å². The summed E-state index contributed by atoms with van der Waals surface area (Å²) < 4.78 is 0. The predicted octanol–water partition coefficient (Wildman–Crippen LogP) is 0.589. The van der Waals surface area contributed by atoms with Crippen molar-refractivity contribution in [1.82, 2.24) is 20.1 Å². The lowest BCUT2D eigenvalue weighted by atomic mass is 9.91. The number of urea groups is 1. The van der Waals surface area contributed by atoms with E-state index in [4.69, 9.17) is 0 Å². The Kier molecular flexibility index (Phi) is 3.88. The maximum atomic E-state index is 12.1. The number of nitrogens with zero attached hydrogens (tertiary/aromatic N) is 4. The molecule has 2 rings (SSSR count). The molecule has 8 nitrogen and oxygen atoms in total. The summed E-state index contributed by atoms with van der Waals surface area (Å²) in [5.41, 5.74) is 0. The summed E-state index contributed by atoms with van der Waals surface area (Å²) in [4.78, 5) is 28.5. The van der Waals surface area contributed by atoms with Crippen molar-refractivity contribution in [2.45, 2.75) is 25.8 Å². The van der Waals surface area contributed by atoms with Gasteiger partial charge in [0.15, 0.2) is 0 Å². The Labute approximate surface area is 109 Å². The molecule has 0 saturated carbocycles. The topological polar surface area (TPSA) is 108 Å². The van der Waals surface area contributed by atoms with Gasteiger partial charge in [-0.05, 0) is 18.8 Å². The van der Waals surface area contributed by atoms with Crippen LogP contribution in [0.3, 0.4) is 0 Å². The van der Waals surface area contributed by atoms with Gasteiger partial charge in [0.1, 0.15) is 6.04 Å². The van der Waals surface area contributed by atoms with Crippen molar-refractivity contribution < 1.29 is 14.7 Å². The number of carboxylic acids is 1. The van der Waals surface area contributed by atoms with Crippen LogP contribution < -0.4 is 5.32 Å². The van der Waals surface area contributed by atoms with E-state index in [1.165, 1.54) is 17.3 Å². The molecule has 2 unspecified atom stereocenters. The minimum atomic E-state index is -0.991. The third-order valence-electron chi connectivity index (χ3n) is 3.15. The van der Waals surface area contributed by atoms with Gasteiger partial charge in [-0.15, -0.1) is 5.10 Å². The predicted molar refractivity (Wildman–Crippen MR) is 65.4 cm³/mol. The smallest absolute Gasteiger partial charge is 0.326 e. The molecule has 0 aliphatic carbocycles. The molecule has 2 heterocycles. The van der Waals surface area contributed by atoms with E-state index in [0.717, 1.165) is 12.8 Å². The first-order chi connectivity index (χ1) is 9.09. The Bertz CT molecular complexity index is 467. The van der Waals surface area contributed by atoms with Crippen LogP contribution in [0.25, 0.3) is 0 Å². The molecule has 2 atom stereocenters. The number of anilines is 1. The van der Waals surface area contributed by atoms with Crippen molar-refractivity contribution in [1.29, 1.82) is 0 Å². The zero-order chi connectivity index (χ0) is 13.8. The van der Waals surface area contributed by atoms with Crippen LogP contribution in [-0.4, -0.2) is 49.8 Å². The summed E-state index contributed by atoms with van der Waals surface area (Å²) >= 11 is 0. The van der Waals surface area contributed by atoms with Crippen LogP contribution in [0.1, 0.15) is 19.8 Å². The fraction of sp³-hybridized carbons (Fsp3) is 0.545. The molecule has 1 fully saturated rings. The molecule has 1 aliphatic rings. The zero-order valence-corrected chi connectivity index (χ0v) is 10.5. The van der Waals surface area contributed by atoms with Gasteiger partial charge in [-0.2, -0.15) is 5.10 Å². The van der Waals surface area contributed by atoms with Gasteiger partial charge in [0.25, 0.3) is 5.95 Å². The quantitative estimate of drug-likeness (QED) is 0.810. The van der Waals surface area contributed by atoms with Crippen LogP contribution in [-0.2, 0) is 4.79 Å². The number of carboxylic acid groups (broad SMARTS) is 1. The molecule has 1 aromatic heterocycles. The van der Waals surface area contributed by atoms with E-state index in [9.17, 15) is 14.7 Å². The summed E-state index contributed by atoms with van der Waals surface area (Å²) in [6.07, 6.45) is 4.37. The molecule has 0 radical (unpaired) electrons. The second kappa shape index (κ2) is 5.59. The van der Waals surface area contributed by atoms with Crippen LogP contribution >= 0.6 is 0 Å². The van der Waals surface area contributed by atoms with Crippen molar-refractivity contribution >= 4 is 17.9 Å². The molecule has 1 saturated heterocycles. The molecule has 1 aliphatic heterocycles. The average Bonchev–Trinajstić information content (AvgIpc) is 2.39. The normalized spacial score (nSPS) is 22.9. The maximum absolute atomic E-state index is 12.1. The minimum absolute atomic E-state index is 0.0647. The Hall–Kier alpha value is -2.25. The fourth-order valence-electron chi connectivity index (χ4n) is 2.26. The van der Waals surface area contributed by atoms with E-state index < -0.39 is 18.0 Å². The summed E-state index contributed by atoms with van der Waals surface area (Å²) in [6.45, 7) is 2.24. The van der Waals surface area contributed by atoms with Crippen LogP contribution in [0.5, 0.6) is 0 Å². The number of amides is 2. The zero-order valence-electron chi connectivity index (χ0n) is 10.5. The number of aromatic nitrogens is 3. The van der Waals surface area contributed by atoms with Gasteiger partial charge < -0.3 is 10.0 Å². The number of nitrogens with one attached hydrogen (secondary N) is 1. The molecule has 2 N–H and O–H groups in total. The monoisotopic (exact) mass is 265 g/mol. The number of likely N-dealkylation sites (tertiary alicyclic amines) is 1. The van der Waals surface area contributed by atoms with Gasteiger partial charge in [-0.25, -0.2) is 14.6 Å². The highest BCUT2D eigenvalue weighted by atomic mass is 16.4. The van der Waals surface area contributed by atoms with Crippen LogP contribution in [0.2, 0.25) is 0 Å². The second-order valence-electron chi connectivity index (χ2n) is 4.49. The highest BCUT2D eigenvalue weighted by Crippen LogP contribution is 2.23.